The highest BCUT2D eigenvalue weighted by Crippen LogP contribution is 2.06. The Morgan fingerprint density at radius 2 is 2.64 bits per heavy atom. The van der Waals surface area contributed by atoms with Crippen LogP contribution in [0.25, 0.3) is 0 Å². The SMILES string of the molecule is COCc1nocc1C(=O)O. The third kappa shape index (κ3) is 1.56. The Morgan fingerprint density at radius 3 is 3.18 bits per heavy atom. The molecule has 0 unspecified atom stereocenters. The van der Waals surface area contributed by atoms with E-state index in [2.05, 4.69) is 9.68 Å². The molecule has 1 rings (SSSR count). The summed E-state index contributed by atoms with van der Waals surface area (Å²) in [6.45, 7) is 0.151. The highest BCUT2D eigenvalue weighted by molar-refractivity contribution is 5.88. The fourth-order valence-corrected chi connectivity index (χ4v) is 0.675. The minimum Gasteiger partial charge on any atom is -0.478 e. The van der Waals surface area contributed by atoms with Crippen molar-refractivity contribution in [3.8, 4) is 0 Å². The van der Waals surface area contributed by atoms with Crippen LogP contribution in [0.2, 0.25) is 0 Å². The molecular formula is C6H7NO4. The molecule has 0 atom stereocenters. The van der Waals surface area contributed by atoms with Crippen LogP contribution < -0.4 is 0 Å². The van der Waals surface area contributed by atoms with E-state index in [-0.39, 0.29) is 12.2 Å². The molecule has 0 aliphatic heterocycles. The lowest BCUT2D eigenvalue weighted by atomic mass is 10.3. The third-order valence-electron chi connectivity index (χ3n) is 1.16. The molecule has 60 valence electrons. The van der Waals surface area contributed by atoms with Crippen molar-refractivity contribution in [3.63, 3.8) is 0 Å². The van der Waals surface area contributed by atoms with Crippen LogP contribution in [0.15, 0.2) is 10.8 Å². The Kier molecular flexibility index (Phi) is 2.22. The molecule has 0 saturated heterocycles. The van der Waals surface area contributed by atoms with Crippen LogP contribution >= 0.6 is 0 Å². The number of methoxy groups -OCH3 is 1. The number of carboxylic acid groups (broad SMARTS) is 1. The Bertz CT molecular complexity index is 255. The molecule has 0 fully saturated rings. The highest BCUT2D eigenvalue weighted by atomic mass is 16.5. The summed E-state index contributed by atoms with van der Waals surface area (Å²) in [5, 5.41) is 12.0. The molecule has 1 N–H and O–H groups in total. The summed E-state index contributed by atoms with van der Waals surface area (Å²) >= 11 is 0. The van der Waals surface area contributed by atoms with E-state index < -0.39 is 5.97 Å². The molecular weight excluding hydrogens is 150 g/mol. The van der Waals surface area contributed by atoms with Gasteiger partial charge in [-0.2, -0.15) is 0 Å². The van der Waals surface area contributed by atoms with Gasteiger partial charge in [0.2, 0.25) is 0 Å². The first-order valence-corrected chi connectivity index (χ1v) is 2.91. The van der Waals surface area contributed by atoms with Crippen LogP contribution in [-0.2, 0) is 11.3 Å². The number of ether oxygens (including phenoxy) is 1. The highest BCUT2D eigenvalue weighted by Gasteiger charge is 2.13. The molecule has 0 saturated carbocycles. The van der Waals surface area contributed by atoms with Crippen LogP contribution in [0.1, 0.15) is 16.1 Å². The first-order valence-electron chi connectivity index (χ1n) is 2.91. The first kappa shape index (κ1) is 7.74. The van der Waals surface area contributed by atoms with Gasteiger partial charge < -0.3 is 14.4 Å². The van der Waals surface area contributed by atoms with E-state index in [9.17, 15) is 4.79 Å². The smallest absolute Gasteiger partial charge is 0.341 e. The fraction of sp³-hybridized carbons (Fsp3) is 0.333. The van der Waals surface area contributed by atoms with Gasteiger partial charge in [-0.1, -0.05) is 5.16 Å². The second-order valence-corrected chi connectivity index (χ2v) is 1.91. The quantitative estimate of drug-likeness (QED) is 0.692. The first-order chi connectivity index (χ1) is 5.25. The third-order valence-corrected chi connectivity index (χ3v) is 1.16. The van der Waals surface area contributed by atoms with Gasteiger partial charge in [0, 0.05) is 7.11 Å². The topological polar surface area (TPSA) is 72.6 Å². The van der Waals surface area contributed by atoms with E-state index in [1.807, 2.05) is 0 Å². The Balaban J connectivity index is 2.87. The number of nitrogens with zero attached hydrogens (tertiary/aromatic N) is 1. The number of aromatic carboxylic acids is 1. The zero-order valence-electron chi connectivity index (χ0n) is 5.90. The molecule has 5 heteroatoms. The minimum absolute atomic E-state index is 0.0480. The summed E-state index contributed by atoms with van der Waals surface area (Å²) < 4.78 is 9.14. The van der Waals surface area contributed by atoms with Gasteiger partial charge in [0.15, 0.2) is 0 Å². The second kappa shape index (κ2) is 3.16. The van der Waals surface area contributed by atoms with Crippen molar-refractivity contribution in [1.29, 1.82) is 0 Å². The van der Waals surface area contributed by atoms with Crippen molar-refractivity contribution in [2.45, 2.75) is 6.61 Å². The number of carbonyl (C=O) groups is 1. The number of hydrogen-bond acceptors (Lipinski definition) is 4. The van der Waals surface area contributed by atoms with Crippen LogP contribution in [-0.4, -0.2) is 23.3 Å². The van der Waals surface area contributed by atoms with Gasteiger partial charge in [0.25, 0.3) is 0 Å². The fourth-order valence-electron chi connectivity index (χ4n) is 0.675. The largest absolute Gasteiger partial charge is 0.478 e. The van der Waals surface area contributed by atoms with Gasteiger partial charge in [0.05, 0.1) is 6.61 Å². The maximum absolute atomic E-state index is 10.4. The molecule has 1 aromatic rings. The van der Waals surface area contributed by atoms with Gasteiger partial charge >= 0.3 is 5.97 Å². The van der Waals surface area contributed by atoms with E-state index in [1.165, 1.54) is 7.11 Å². The van der Waals surface area contributed by atoms with Crippen molar-refractivity contribution in [2.24, 2.45) is 0 Å². The molecule has 0 aliphatic rings. The summed E-state index contributed by atoms with van der Waals surface area (Å²) in [7, 11) is 1.46. The predicted molar refractivity (Wildman–Crippen MR) is 34.2 cm³/mol. The zero-order valence-corrected chi connectivity index (χ0v) is 5.90. The maximum atomic E-state index is 10.4. The van der Waals surface area contributed by atoms with E-state index in [1.54, 1.807) is 0 Å². The second-order valence-electron chi connectivity index (χ2n) is 1.91. The van der Waals surface area contributed by atoms with E-state index in [0.717, 1.165) is 6.26 Å². The minimum atomic E-state index is -1.06. The Hall–Kier alpha value is -1.36. The summed E-state index contributed by atoms with van der Waals surface area (Å²) in [5.74, 6) is -1.06. The van der Waals surface area contributed by atoms with E-state index >= 15 is 0 Å². The van der Waals surface area contributed by atoms with Crippen molar-refractivity contribution in [2.75, 3.05) is 7.11 Å². The molecule has 0 aliphatic carbocycles. The molecule has 0 radical (unpaired) electrons. The van der Waals surface area contributed by atoms with Crippen molar-refractivity contribution < 1.29 is 19.2 Å². The predicted octanol–water partition coefficient (Wildman–Crippen LogP) is 0.519. The number of hydrogen-bond donors (Lipinski definition) is 1. The normalized spacial score (nSPS) is 9.91. The van der Waals surface area contributed by atoms with Gasteiger partial charge in [-0.05, 0) is 0 Å². The molecule has 0 spiro atoms. The molecule has 0 aromatic carbocycles. The monoisotopic (exact) mass is 157 g/mol. The maximum Gasteiger partial charge on any atom is 0.341 e. The van der Waals surface area contributed by atoms with Crippen molar-refractivity contribution in [1.82, 2.24) is 5.16 Å². The van der Waals surface area contributed by atoms with Crippen LogP contribution in [0.3, 0.4) is 0 Å². The molecule has 1 heterocycles. The van der Waals surface area contributed by atoms with Gasteiger partial charge in [0.1, 0.15) is 17.5 Å². The van der Waals surface area contributed by atoms with Crippen molar-refractivity contribution in [3.05, 3.63) is 17.5 Å². The number of aromatic nitrogens is 1. The van der Waals surface area contributed by atoms with Gasteiger partial charge in [-0.25, -0.2) is 4.79 Å². The van der Waals surface area contributed by atoms with E-state index in [4.69, 9.17) is 9.84 Å². The van der Waals surface area contributed by atoms with E-state index in [0.29, 0.717) is 5.69 Å². The lowest BCUT2D eigenvalue weighted by Gasteiger charge is -1.92. The lowest BCUT2D eigenvalue weighted by Crippen LogP contribution is -2.00. The van der Waals surface area contributed by atoms with Crippen LogP contribution in [0, 0.1) is 0 Å². The molecule has 11 heavy (non-hydrogen) atoms. The number of rotatable bonds is 3. The zero-order chi connectivity index (χ0) is 8.27. The average molecular weight is 157 g/mol. The average Bonchev–Trinajstić information content (AvgIpc) is 2.36. The number of carboxylic acids is 1. The standard InChI is InChI=1S/C6H7NO4/c1-10-3-5-4(6(8)9)2-11-7-5/h2H,3H2,1H3,(H,8,9). The Morgan fingerprint density at radius 1 is 1.91 bits per heavy atom. The van der Waals surface area contributed by atoms with Crippen LogP contribution in [0.5, 0.6) is 0 Å². The molecule has 0 amide bonds. The summed E-state index contributed by atoms with van der Waals surface area (Å²) in [5.41, 5.74) is 0.354. The Labute approximate surface area is 62.6 Å². The van der Waals surface area contributed by atoms with Gasteiger partial charge in [-0.15, -0.1) is 0 Å². The summed E-state index contributed by atoms with van der Waals surface area (Å²) in [4.78, 5) is 10.4. The molecule has 5 nitrogen and oxygen atoms in total. The lowest BCUT2D eigenvalue weighted by molar-refractivity contribution is 0.0691. The van der Waals surface area contributed by atoms with Crippen LogP contribution in [0.4, 0.5) is 0 Å². The van der Waals surface area contributed by atoms with Gasteiger partial charge in [-0.3, -0.25) is 0 Å². The summed E-state index contributed by atoms with van der Waals surface area (Å²) in [6, 6.07) is 0. The molecule has 1 aromatic heterocycles. The molecule has 0 bridgehead atoms. The van der Waals surface area contributed by atoms with Crippen molar-refractivity contribution >= 4 is 5.97 Å². The summed E-state index contributed by atoms with van der Waals surface area (Å²) in [6.07, 6.45) is 1.08.